The number of benzene rings is 1. The second-order valence-electron chi connectivity index (χ2n) is 3.13. The third-order valence-electron chi connectivity index (χ3n) is 2.15. The summed E-state index contributed by atoms with van der Waals surface area (Å²) in [7, 11) is 1.34. The molecular weight excluding hydrogens is 194 g/mol. The number of carbonyl (C=O) groups is 2. The molecule has 0 fully saturated rings. The minimum atomic E-state index is -0.373. The lowest BCUT2D eigenvalue weighted by Gasteiger charge is -2.07. The van der Waals surface area contributed by atoms with Crippen LogP contribution in [0.15, 0.2) is 18.2 Å². The first-order valence-corrected chi connectivity index (χ1v) is 4.54. The summed E-state index contributed by atoms with van der Waals surface area (Å²) in [5, 5.41) is 2.56. The van der Waals surface area contributed by atoms with Crippen LogP contribution in [0.5, 0.6) is 0 Å². The molecule has 0 bridgehead atoms. The van der Waals surface area contributed by atoms with Gasteiger partial charge in [0.25, 0.3) is 0 Å². The fraction of sp³-hybridized carbons (Fsp3) is 0.273. The fourth-order valence-corrected chi connectivity index (χ4v) is 1.26. The second kappa shape index (κ2) is 5.14. The Balaban J connectivity index is 2.94. The van der Waals surface area contributed by atoms with Gasteiger partial charge in [-0.1, -0.05) is 6.07 Å². The Labute approximate surface area is 88.2 Å². The molecule has 1 amide bonds. The van der Waals surface area contributed by atoms with Crippen molar-refractivity contribution in [3.63, 3.8) is 0 Å². The fourth-order valence-electron chi connectivity index (χ4n) is 1.26. The highest BCUT2D eigenvalue weighted by Crippen LogP contribution is 2.11. The Kier molecular flexibility index (Phi) is 3.85. The van der Waals surface area contributed by atoms with Crippen LogP contribution in [0, 0.1) is 6.92 Å². The molecule has 0 aliphatic carbocycles. The van der Waals surface area contributed by atoms with E-state index < -0.39 is 0 Å². The van der Waals surface area contributed by atoms with Crippen molar-refractivity contribution in [1.82, 2.24) is 5.32 Å². The van der Waals surface area contributed by atoms with Crippen molar-refractivity contribution in [2.24, 2.45) is 0 Å². The van der Waals surface area contributed by atoms with E-state index in [4.69, 9.17) is 0 Å². The van der Waals surface area contributed by atoms with Gasteiger partial charge in [-0.05, 0) is 30.2 Å². The van der Waals surface area contributed by atoms with Crippen molar-refractivity contribution < 1.29 is 14.3 Å². The summed E-state index contributed by atoms with van der Waals surface area (Å²) < 4.78 is 4.61. The lowest BCUT2D eigenvalue weighted by atomic mass is 10.1. The van der Waals surface area contributed by atoms with E-state index in [1.54, 1.807) is 12.1 Å². The zero-order chi connectivity index (χ0) is 11.3. The van der Waals surface area contributed by atoms with E-state index in [0.29, 0.717) is 18.5 Å². The smallest absolute Gasteiger partial charge is 0.337 e. The van der Waals surface area contributed by atoms with Crippen LogP contribution in [0.4, 0.5) is 0 Å². The van der Waals surface area contributed by atoms with Crippen LogP contribution in [-0.2, 0) is 16.1 Å². The number of methoxy groups -OCH3 is 1. The topological polar surface area (TPSA) is 55.4 Å². The van der Waals surface area contributed by atoms with E-state index in [9.17, 15) is 9.59 Å². The van der Waals surface area contributed by atoms with Gasteiger partial charge >= 0.3 is 5.97 Å². The van der Waals surface area contributed by atoms with Crippen LogP contribution in [0.2, 0.25) is 0 Å². The number of carbonyl (C=O) groups excluding carboxylic acids is 2. The summed E-state index contributed by atoms with van der Waals surface area (Å²) in [6.45, 7) is 2.34. The molecule has 0 aliphatic rings. The minimum absolute atomic E-state index is 0.373. The summed E-state index contributed by atoms with van der Waals surface area (Å²) in [6, 6.07) is 5.25. The molecule has 4 nitrogen and oxygen atoms in total. The molecule has 80 valence electrons. The first kappa shape index (κ1) is 11.2. The highest BCUT2D eigenvalue weighted by Gasteiger charge is 2.07. The Hall–Kier alpha value is -1.84. The van der Waals surface area contributed by atoms with Crippen molar-refractivity contribution in [3.8, 4) is 0 Å². The highest BCUT2D eigenvalue weighted by atomic mass is 16.5. The Morgan fingerprint density at radius 3 is 2.87 bits per heavy atom. The molecule has 0 aliphatic heterocycles. The number of rotatable bonds is 4. The molecule has 0 radical (unpaired) electrons. The average molecular weight is 207 g/mol. The quantitative estimate of drug-likeness (QED) is 0.592. The van der Waals surface area contributed by atoms with Gasteiger partial charge in [0.1, 0.15) is 0 Å². The summed E-state index contributed by atoms with van der Waals surface area (Å²) in [4.78, 5) is 21.4. The molecule has 1 rings (SSSR count). The van der Waals surface area contributed by atoms with Crippen LogP contribution < -0.4 is 5.32 Å². The largest absolute Gasteiger partial charge is 0.465 e. The van der Waals surface area contributed by atoms with Crippen LogP contribution >= 0.6 is 0 Å². The predicted molar refractivity (Wildman–Crippen MR) is 55.4 cm³/mol. The van der Waals surface area contributed by atoms with Gasteiger partial charge in [0.05, 0.1) is 12.7 Å². The molecule has 1 N–H and O–H groups in total. The third kappa shape index (κ3) is 2.80. The van der Waals surface area contributed by atoms with Gasteiger partial charge in [-0.2, -0.15) is 0 Å². The molecule has 0 saturated carbocycles. The van der Waals surface area contributed by atoms with Gasteiger partial charge in [-0.3, -0.25) is 4.79 Å². The molecule has 0 spiro atoms. The lowest BCUT2D eigenvalue weighted by molar-refractivity contribution is -0.109. The molecular formula is C11H13NO3. The molecule has 4 heteroatoms. The van der Waals surface area contributed by atoms with E-state index in [2.05, 4.69) is 10.1 Å². The summed E-state index contributed by atoms with van der Waals surface area (Å²) in [5.74, 6) is -0.373. The standard InChI is InChI=1S/C11H13NO3/c1-8-3-4-9(11(14)15-2)5-10(8)6-12-7-13/h3-5,7H,6H2,1-2H3,(H,12,13). The van der Waals surface area contributed by atoms with Crippen molar-refractivity contribution in [3.05, 3.63) is 34.9 Å². The Morgan fingerprint density at radius 2 is 2.27 bits per heavy atom. The zero-order valence-corrected chi connectivity index (χ0v) is 8.74. The lowest BCUT2D eigenvalue weighted by Crippen LogP contribution is -2.12. The molecule has 1 aromatic rings. The number of nitrogens with one attached hydrogen (secondary N) is 1. The summed E-state index contributed by atoms with van der Waals surface area (Å²) >= 11 is 0. The monoisotopic (exact) mass is 207 g/mol. The number of amides is 1. The van der Waals surface area contributed by atoms with Crippen molar-refractivity contribution in [2.45, 2.75) is 13.5 Å². The number of hydrogen-bond donors (Lipinski definition) is 1. The van der Waals surface area contributed by atoms with E-state index in [1.165, 1.54) is 7.11 Å². The van der Waals surface area contributed by atoms with Crippen molar-refractivity contribution >= 4 is 12.4 Å². The minimum Gasteiger partial charge on any atom is -0.465 e. The van der Waals surface area contributed by atoms with Gasteiger partial charge in [0.15, 0.2) is 0 Å². The maximum Gasteiger partial charge on any atom is 0.337 e. The van der Waals surface area contributed by atoms with Gasteiger partial charge in [0.2, 0.25) is 6.41 Å². The van der Waals surface area contributed by atoms with Crippen LogP contribution in [0.25, 0.3) is 0 Å². The molecule has 0 saturated heterocycles. The Bertz CT molecular complexity index is 374. The average Bonchev–Trinajstić information content (AvgIpc) is 2.27. The van der Waals surface area contributed by atoms with Gasteiger partial charge < -0.3 is 10.1 Å². The highest BCUT2D eigenvalue weighted by molar-refractivity contribution is 5.89. The molecule has 0 unspecified atom stereocenters. The predicted octanol–water partition coefficient (Wildman–Crippen LogP) is 1.03. The van der Waals surface area contributed by atoms with Gasteiger partial charge in [-0.15, -0.1) is 0 Å². The molecule has 0 heterocycles. The number of ether oxygens (including phenoxy) is 1. The number of hydrogen-bond acceptors (Lipinski definition) is 3. The number of esters is 1. The first-order valence-electron chi connectivity index (χ1n) is 4.54. The zero-order valence-electron chi connectivity index (χ0n) is 8.74. The van der Waals surface area contributed by atoms with E-state index >= 15 is 0 Å². The maximum atomic E-state index is 11.2. The summed E-state index contributed by atoms with van der Waals surface area (Å²) in [6.07, 6.45) is 0.629. The molecule has 0 aromatic heterocycles. The third-order valence-corrected chi connectivity index (χ3v) is 2.15. The van der Waals surface area contributed by atoms with Gasteiger partial charge in [-0.25, -0.2) is 4.79 Å². The molecule has 0 atom stereocenters. The normalized spacial score (nSPS) is 9.47. The SMILES string of the molecule is COC(=O)c1ccc(C)c(CNC=O)c1. The van der Waals surface area contributed by atoms with Crippen LogP contribution in [-0.4, -0.2) is 19.5 Å². The first-order chi connectivity index (χ1) is 7.19. The van der Waals surface area contributed by atoms with Crippen LogP contribution in [0.3, 0.4) is 0 Å². The molecule has 1 aromatic carbocycles. The van der Waals surface area contributed by atoms with Gasteiger partial charge in [0, 0.05) is 6.54 Å². The molecule has 15 heavy (non-hydrogen) atoms. The maximum absolute atomic E-state index is 11.2. The second-order valence-corrected chi connectivity index (χ2v) is 3.13. The number of aryl methyl sites for hydroxylation is 1. The van der Waals surface area contributed by atoms with E-state index in [1.807, 2.05) is 13.0 Å². The summed E-state index contributed by atoms with van der Waals surface area (Å²) in [5.41, 5.74) is 2.42. The van der Waals surface area contributed by atoms with Crippen molar-refractivity contribution in [2.75, 3.05) is 7.11 Å². The Morgan fingerprint density at radius 1 is 1.53 bits per heavy atom. The van der Waals surface area contributed by atoms with E-state index in [0.717, 1.165) is 11.1 Å². The van der Waals surface area contributed by atoms with Crippen molar-refractivity contribution in [1.29, 1.82) is 0 Å². The van der Waals surface area contributed by atoms with E-state index in [-0.39, 0.29) is 5.97 Å². The van der Waals surface area contributed by atoms with Crippen LogP contribution in [0.1, 0.15) is 21.5 Å².